The first-order valence-corrected chi connectivity index (χ1v) is 12.0. The molecule has 0 aromatic heterocycles. The Hall–Kier alpha value is -3.39. The highest BCUT2D eigenvalue weighted by Crippen LogP contribution is 2.35. The van der Waals surface area contributed by atoms with Crippen LogP contribution in [0.1, 0.15) is 30.4 Å². The van der Waals surface area contributed by atoms with Crippen LogP contribution in [-0.2, 0) is 19.2 Å². The molecule has 3 atom stereocenters. The van der Waals surface area contributed by atoms with Gasteiger partial charge in [0.05, 0.1) is 22.8 Å². The standard InChI is InChI=1S/C26H26N2O5S/c1-15-7-10-18(13-16(15)2)28-23(29)14-22(25(28)31)34-19-11-8-17(9-12-19)27-24(30)20-5-3-4-6-21(20)26(32)33/h3-4,7-13,20-22H,5-6,14H2,1-2H3,(H,27,30)(H,32,33)/t20-,21-,22+/m0/s1. The lowest BCUT2D eigenvalue weighted by molar-refractivity contribution is -0.146. The molecule has 0 radical (unpaired) electrons. The van der Waals surface area contributed by atoms with Gasteiger partial charge < -0.3 is 10.4 Å². The molecule has 0 bridgehead atoms. The Morgan fingerprint density at radius 3 is 2.29 bits per heavy atom. The van der Waals surface area contributed by atoms with Gasteiger partial charge in [-0.15, -0.1) is 11.8 Å². The molecule has 2 aromatic carbocycles. The number of nitrogens with one attached hydrogen (secondary N) is 1. The van der Waals surface area contributed by atoms with E-state index in [-0.39, 0.29) is 24.1 Å². The Balaban J connectivity index is 1.40. The van der Waals surface area contributed by atoms with E-state index >= 15 is 0 Å². The largest absolute Gasteiger partial charge is 0.481 e. The minimum Gasteiger partial charge on any atom is -0.481 e. The minimum absolute atomic E-state index is 0.126. The van der Waals surface area contributed by atoms with Crippen LogP contribution in [-0.4, -0.2) is 34.0 Å². The van der Waals surface area contributed by atoms with E-state index in [1.165, 1.54) is 16.7 Å². The van der Waals surface area contributed by atoms with E-state index in [1.54, 1.807) is 36.4 Å². The number of hydrogen-bond acceptors (Lipinski definition) is 5. The van der Waals surface area contributed by atoms with Gasteiger partial charge >= 0.3 is 5.97 Å². The van der Waals surface area contributed by atoms with Gasteiger partial charge in [0.1, 0.15) is 0 Å². The highest BCUT2D eigenvalue weighted by Gasteiger charge is 2.40. The number of aliphatic carboxylic acids is 1. The molecule has 7 nitrogen and oxygen atoms in total. The average Bonchev–Trinajstić information content (AvgIpc) is 3.09. The van der Waals surface area contributed by atoms with Gasteiger partial charge in [-0.25, -0.2) is 4.90 Å². The number of carbonyl (C=O) groups is 4. The van der Waals surface area contributed by atoms with Crippen LogP contribution in [0.4, 0.5) is 11.4 Å². The summed E-state index contributed by atoms with van der Waals surface area (Å²) >= 11 is 1.32. The molecule has 34 heavy (non-hydrogen) atoms. The first-order valence-electron chi connectivity index (χ1n) is 11.1. The number of nitrogens with zero attached hydrogens (tertiary/aromatic N) is 1. The normalized spacial score (nSPS) is 22.2. The van der Waals surface area contributed by atoms with E-state index < -0.39 is 23.1 Å². The van der Waals surface area contributed by atoms with Crippen LogP contribution >= 0.6 is 11.8 Å². The van der Waals surface area contributed by atoms with Crippen molar-refractivity contribution in [3.05, 3.63) is 65.7 Å². The number of carboxylic acid groups (broad SMARTS) is 1. The second-order valence-electron chi connectivity index (χ2n) is 8.65. The molecule has 0 spiro atoms. The average molecular weight is 479 g/mol. The lowest BCUT2D eigenvalue weighted by Gasteiger charge is -2.24. The van der Waals surface area contributed by atoms with Crippen molar-refractivity contribution in [2.24, 2.45) is 11.8 Å². The Morgan fingerprint density at radius 1 is 0.971 bits per heavy atom. The van der Waals surface area contributed by atoms with Crippen molar-refractivity contribution in [2.75, 3.05) is 10.2 Å². The van der Waals surface area contributed by atoms with E-state index in [2.05, 4.69) is 5.32 Å². The smallest absolute Gasteiger partial charge is 0.307 e. The number of carbonyl (C=O) groups excluding carboxylic acids is 3. The molecule has 2 aromatic rings. The molecule has 4 rings (SSSR count). The highest BCUT2D eigenvalue weighted by atomic mass is 32.2. The topological polar surface area (TPSA) is 104 Å². The molecule has 0 saturated carbocycles. The van der Waals surface area contributed by atoms with Crippen molar-refractivity contribution in [3.63, 3.8) is 0 Å². The molecular weight excluding hydrogens is 452 g/mol. The van der Waals surface area contributed by atoms with Gasteiger partial charge in [-0.3, -0.25) is 19.2 Å². The SMILES string of the molecule is Cc1ccc(N2C(=O)C[C@@H](Sc3ccc(NC(=O)[C@H]4CC=CC[C@@H]4C(=O)O)cc3)C2=O)cc1C. The fraction of sp³-hybridized carbons (Fsp3) is 0.308. The first-order chi connectivity index (χ1) is 16.2. The maximum atomic E-state index is 13.0. The van der Waals surface area contributed by atoms with Crippen LogP contribution < -0.4 is 10.2 Å². The predicted octanol–water partition coefficient (Wildman–Crippen LogP) is 4.33. The first kappa shape index (κ1) is 23.8. The minimum atomic E-state index is -0.970. The molecule has 1 aliphatic carbocycles. The quantitative estimate of drug-likeness (QED) is 0.473. The van der Waals surface area contributed by atoms with E-state index in [9.17, 15) is 24.3 Å². The van der Waals surface area contributed by atoms with E-state index in [0.717, 1.165) is 16.0 Å². The summed E-state index contributed by atoms with van der Waals surface area (Å²) in [6.45, 7) is 3.93. The van der Waals surface area contributed by atoms with Gasteiger partial charge in [0.2, 0.25) is 17.7 Å². The molecule has 1 saturated heterocycles. The van der Waals surface area contributed by atoms with Crippen LogP contribution in [0, 0.1) is 25.7 Å². The van der Waals surface area contributed by atoms with E-state index in [1.807, 2.05) is 32.1 Å². The fourth-order valence-electron chi connectivity index (χ4n) is 4.23. The van der Waals surface area contributed by atoms with Gasteiger partial charge in [-0.2, -0.15) is 0 Å². The second-order valence-corrected chi connectivity index (χ2v) is 9.93. The highest BCUT2D eigenvalue weighted by molar-refractivity contribution is 8.00. The summed E-state index contributed by atoms with van der Waals surface area (Å²) in [7, 11) is 0. The van der Waals surface area contributed by atoms with Gasteiger partial charge in [0.15, 0.2) is 0 Å². The lowest BCUT2D eigenvalue weighted by atomic mass is 9.82. The number of aryl methyl sites for hydroxylation is 2. The number of rotatable bonds is 6. The number of benzene rings is 2. The third-order valence-electron chi connectivity index (χ3n) is 6.34. The molecule has 2 aliphatic rings. The molecule has 1 fully saturated rings. The van der Waals surface area contributed by atoms with E-state index in [0.29, 0.717) is 24.2 Å². The maximum absolute atomic E-state index is 13.0. The van der Waals surface area contributed by atoms with Crippen LogP contribution in [0.3, 0.4) is 0 Å². The van der Waals surface area contributed by atoms with Crippen molar-refractivity contribution in [3.8, 4) is 0 Å². The van der Waals surface area contributed by atoms with Crippen LogP contribution in [0.2, 0.25) is 0 Å². The maximum Gasteiger partial charge on any atom is 0.307 e. The van der Waals surface area contributed by atoms with Gasteiger partial charge in [0.25, 0.3) is 0 Å². The molecule has 0 unspecified atom stereocenters. The summed E-state index contributed by atoms with van der Waals surface area (Å²) in [6.07, 6.45) is 4.50. The number of imide groups is 1. The molecule has 1 aliphatic heterocycles. The Labute approximate surface area is 202 Å². The zero-order chi connectivity index (χ0) is 24.4. The summed E-state index contributed by atoms with van der Waals surface area (Å²) in [6, 6.07) is 12.6. The van der Waals surface area contributed by atoms with Crippen molar-refractivity contribution in [2.45, 2.75) is 43.3 Å². The van der Waals surface area contributed by atoms with Gasteiger partial charge in [-0.05, 0) is 74.2 Å². The van der Waals surface area contributed by atoms with Crippen LogP contribution in [0.15, 0.2) is 59.5 Å². The van der Waals surface area contributed by atoms with Crippen molar-refractivity contribution >= 4 is 46.8 Å². The lowest BCUT2D eigenvalue weighted by Crippen LogP contribution is -2.34. The van der Waals surface area contributed by atoms with Gasteiger partial charge in [-0.1, -0.05) is 18.2 Å². The monoisotopic (exact) mass is 478 g/mol. The number of anilines is 2. The zero-order valence-corrected chi connectivity index (χ0v) is 19.8. The van der Waals surface area contributed by atoms with Crippen LogP contribution in [0.5, 0.6) is 0 Å². The summed E-state index contributed by atoms with van der Waals surface area (Å²) in [5.74, 6) is -3.09. The Kier molecular flexibility index (Phi) is 6.88. The van der Waals surface area contributed by atoms with Crippen LogP contribution in [0.25, 0.3) is 0 Å². The molecular formula is C26H26N2O5S. The molecule has 8 heteroatoms. The Morgan fingerprint density at radius 2 is 1.65 bits per heavy atom. The number of allylic oxidation sites excluding steroid dienone is 2. The number of amides is 3. The number of hydrogen-bond donors (Lipinski definition) is 2. The fourth-order valence-corrected chi connectivity index (χ4v) is 5.28. The third-order valence-corrected chi connectivity index (χ3v) is 7.54. The van der Waals surface area contributed by atoms with Crippen molar-refractivity contribution in [1.29, 1.82) is 0 Å². The van der Waals surface area contributed by atoms with E-state index in [4.69, 9.17) is 0 Å². The van der Waals surface area contributed by atoms with Gasteiger partial charge in [0, 0.05) is 17.0 Å². The Bertz CT molecular complexity index is 1170. The molecule has 2 N–H and O–H groups in total. The summed E-state index contributed by atoms with van der Waals surface area (Å²) in [5, 5.41) is 11.7. The third kappa shape index (κ3) is 4.92. The van der Waals surface area contributed by atoms with Crippen molar-refractivity contribution in [1.82, 2.24) is 0 Å². The summed E-state index contributed by atoms with van der Waals surface area (Å²) in [5.41, 5.74) is 3.26. The second kappa shape index (κ2) is 9.85. The summed E-state index contributed by atoms with van der Waals surface area (Å²) in [4.78, 5) is 51.7. The van der Waals surface area contributed by atoms with Crippen molar-refractivity contribution < 1.29 is 24.3 Å². The molecule has 3 amide bonds. The molecule has 1 heterocycles. The number of carboxylic acids is 1. The summed E-state index contributed by atoms with van der Waals surface area (Å²) < 4.78 is 0. The number of thioether (sulfide) groups is 1. The predicted molar refractivity (Wildman–Crippen MR) is 131 cm³/mol. The molecule has 176 valence electrons. The zero-order valence-electron chi connectivity index (χ0n) is 19.0.